The molecule has 2 aromatic rings. The first kappa shape index (κ1) is 10.4. The Morgan fingerprint density at radius 3 is 2.53 bits per heavy atom. The van der Waals surface area contributed by atoms with Crippen LogP contribution in [-0.2, 0) is 6.18 Å². The first-order valence-corrected chi connectivity index (χ1v) is 4.59. The van der Waals surface area contributed by atoms with Crippen LogP contribution in [0.15, 0.2) is 22.8 Å². The molecule has 0 radical (unpaired) electrons. The maximum atomic E-state index is 13.3. The number of aromatic nitrogens is 2. The summed E-state index contributed by atoms with van der Waals surface area (Å²) in [7, 11) is 0. The second kappa shape index (κ2) is 3.19. The molecule has 0 atom stereocenters. The van der Waals surface area contributed by atoms with E-state index in [0.29, 0.717) is 4.47 Å². The number of hydrogen-bond acceptors (Lipinski definition) is 1. The Kier molecular flexibility index (Phi) is 2.22. The summed E-state index contributed by atoms with van der Waals surface area (Å²) in [5, 5.41) is 0. The van der Waals surface area contributed by atoms with Gasteiger partial charge in [-0.15, -0.1) is 0 Å². The fourth-order valence-corrected chi connectivity index (χ4v) is 1.51. The summed E-state index contributed by atoms with van der Waals surface area (Å²) < 4.78 is 51.3. The Morgan fingerprint density at radius 2 is 1.93 bits per heavy atom. The van der Waals surface area contributed by atoms with Crippen molar-refractivity contribution in [2.24, 2.45) is 0 Å². The lowest BCUT2D eigenvalue weighted by Gasteiger charge is -2.00. The molecule has 2 aromatic heterocycles. The number of alkyl halides is 3. The Bertz CT molecular complexity index is 517. The highest BCUT2D eigenvalue weighted by Crippen LogP contribution is 2.31. The number of fused-ring (bicyclic) bond motifs is 1. The van der Waals surface area contributed by atoms with E-state index in [-0.39, 0.29) is 5.65 Å². The molecular weight excluding hydrogens is 280 g/mol. The van der Waals surface area contributed by atoms with Gasteiger partial charge in [-0.05, 0) is 28.1 Å². The van der Waals surface area contributed by atoms with E-state index in [1.807, 2.05) is 0 Å². The molecule has 0 spiro atoms. The molecule has 0 saturated carbocycles. The highest BCUT2D eigenvalue weighted by Gasteiger charge is 2.38. The van der Waals surface area contributed by atoms with Crippen molar-refractivity contribution >= 4 is 21.6 Å². The van der Waals surface area contributed by atoms with Crippen LogP contribution in [0.4, 0.5) is 17.6 Å². The molecule has 0 aliphatic carbocycles. The predicted octanol–water partition coefficient (Wildman–Crippen LogP) is 3.25. The lowest BCUT2D eigenvalue weighted by molar-refractivity contribution is -0.143. The van der Waals surface area contributed by atoms with Crippen molar-refractivity contribution in [3.63, 3.8) is 0 Å². The molecule has 15 heavy (non-hydrogen) atoms. The van der Waals surface area contributed by atoms with Gasteiger partial charge in [0.15, 0.2) is 5.69 Å². The van der Waals surface area contributed by atoms with E-state index in [0.717, 1.165) is 4.40 Å². The van der Waals surface area contributed by atoms with Crippen molar-refractivity contribution in [1.29, 1.82) is 0 Å². The van der Waals surface area contributed by atoms with Crippen molar-refractivity contribution in [1.82, 2.24) is 9.38 Å². The van der Waals surface area contributed by atoms with Gasteiger partial charge in [-0.3, -0.25) is 4.40 Å². The molecule has 0 saturated heterocycles. The van der Waals surface area contributed by atoms with E-state index < -0.39 is 17.8 Å². The van der Waals surface area contributed by atoms with Gasteiger partial charge in [-0.1, -0.05) is 0 Å². The van der Waals surface area contributed by atoms with Crippen molar-refractivity contribution < 1.29 is 17.6 Å². The van der Waals surface area contributed by atoms with Crippen molar-refractivity contribution in [2.45, 2.75) is 6.18 Å². The monoisotopic (exact) mass is 282 g/mol. The van der Waals surface area contributed by atoms with Crippen molar-refractivity contribution in [2.75, 3.05) is 0 Å². The smallest absolute Gasteiger partial charge is 0.275 e. The minimum absolute atomic E-state index is 0.0805. The zero-order valence-corrected chi connectivity index (χ0v) is 8.60. The Labute approximate surface area is 89.7 Å². The quantitative estimate of drug-likeness (QED) is 0.678. The minimum atomic E-state index is -4.78. The highest BCUT2D eigenvalue weighted by atomic mass is 79.9. The summed E-state index contributed by atoms with van der Waals surface area (Å²) in [5.74, 6) is -1.40. The molecule has 0 amide bonds. The average Bonchev–Trinajstić information content (AvgIpc) is 2.43. The van der Waals surface area contributed by atoms with Gasteiger partial charge in [0.1, 0.15) is 5.65 Å². The predicted molar refractivity (Wildman–Crippen MR) is 47.9 cm³/mol. The number of imidazole rings is 1. The first-order chi connectivity index (χ1) is 6.89. The molecule has 2 rings (SSSR count). The van der Waals surface area contributed by atoms with Crippen LogP contribution in [0.1, 0.15) is 5.69 Å². The lowest BCUT2D eigenvalue weighted by Crippen LogP contribution is -2.08. The third-order valence-corrected chi connectivity index (χ3v) is 2.26. The minimum Gasteiger partial charge on any atom is -0.275 e. The third-order valence-electron chi connectivity index (χ3n) is 1.79. The molecule has 0 aromatic carbocycles. The molecule has 0 unspecified atom stereocenters. The molecule has 0 aliphatic heterocycles. The van der Waals surface area contributed by atoms with Crippen LogP contribution in [0.3, 0.4) is 0 Å². The van der Waals surface area contributed by atoms with E-state index in [4.69, 9.17) is 0 Å². The van der Waals surface area contributed by atoms with Crippen LogP contribution in [0.2, 0.25) is 0 Å². The first-order valence-electron chi connectivity index (χ1n) is 3.80. The second-order valence-corrected chi connectivity index (χ2v) is 3.74. The SMILES string of the molecule is Fc1c(C(F)(F)F)nc2ccc(Br)cn12. The van der Waals surface area contributed by atoms with Crippen LogP contribution >= 0.6 is 15.9 Å². The molecule has 2 nitrogen and oxygen atoms in total. The van der Waals surface area contributed by atoms with Gasteiger partial charge >= 0.3 is 6.18 Å². The van der Waals surface area contributed by atoms with E-state index >= 15 is 0 Å². The van der Waals surface area contributed by atoms with Crippen LogP contribution in [0.25, 0.3) is 5.65 Å². The average molecular weight is 283 g/mol. The number of halogens is 5. The summed E-state index contributed by atoms with van der Waals surface area (Å²) in [6.45, 7) is 0. The summed E-state index contributed by atoms with van der Waals surface area (Å²) in [4.78, 5) is 3.17. The van der Waals surface area contributed by atoms with E-state index in [1.54, 1.807) is 0 Å². The largest absolute Gasteiger partial charge is 0.437 e. The molecule has 0 fully saturated rings. The summed E-state index contributed by atoms with van der Waals surface area (Å²) in [6.07, 6.45) is -3.59. The number of pyridine rings is 1. The molecule has 7 heteroatoms. The maximum absolute atomic E-state index is 13.3. The summed E-state index contributed by atoms with van der Waals surface area (Å²) in [5.41, 5.74) is -1.58. The zero-order valence-electron chi connectivity index (χ0n) is 7.02. The van der Waals surface area contributed by atoms with Gasteiger partial charge in [0.2, 0.25) is 5.95 Å². The highest BCUT2D eigenvalue weighted by molar-refractivity contribution is 9.10. The molecule has 0 bridgehead atoms. The number of rotatable bonds is 0. The van der Waals surface area contributed by atoms with Crippen LogP contribution in [0.5, 0.6) is 0 Å². The van der Waals surface area contributed by atoms with Crippen molar-refractivity contribution in [3.8, 4) is 0 Å². The van der Waals surface area contributed by atoms with Gasteiger partial charge < -0.3 is 0 Å². The van der Waals surface area contributed by atoms with Gasteiger partial charge in [-0.2, -0.15) is 17.6 Å². The summed E-state index contributed by atoms with van der Waals surface area (Å²) in [6, 6.07) is 2.78. The van der Waals surface area contributed by atoms with E-state index in [1.165, 1.54) is 18.3 Å². The molecular formula is C8H3BrF4N2. The third kappa shape index (κ3) is 1.71. The van der Waals surface area contributed by atoms with E-state index in [2.05, 4.69) is 20.9 Å². The van der Waals surface area contributed by atoms with Gasteiger partial charge in [-0.25, -0.2) is 4.98 Å². The number of hydrogen-bond donors (Lipinski definition) is 0. The van der Waals surface area contributed by atoms with Crippen LogP contribution in [-0.4, -0.2) is 9.38 Å². The molecule has 80 valence electrons. The zero-order chi connectivity index (χ0) is 11.2. The standard InChI is InChI=1S/C8H3BrF4N2/c9-4-1-2-5-14-6(8(11,12)13)7(10)15(5)3-4/h1-3H. The van der Waals surface area contributed by atoms with Crippen LogP contribution in [0, 0.1) is 5.95 Å². The van der Waals surface area contributed by atoms with Gasteiger partial charge in [0, 0.05) is 10.7 Å². The maximum Gasteiger partial charge on any atom is 0.437 e. The Balaban J connectivity index is 2.76. The normalized spacial score (nSPS) is 12.3. The fraction of sp³-hybridized carbons (Fsp3) is 0.125. The topological polar surface area (TPSA) is 17.3 Å². The second-order valence-electron chi connectivity index (χ2n) is 2.82. The molecule has 2 heterocycles. The Hall–Kier alpha value is -1.11. The fourth-order valence-electron chi connectivity index (χ4n) is 1.17. The van der Waals surface area contributed by atoms with Crippen LogP contribution < -0.4 is 0 Å². The van der Waals surface area contributed by atoms with Crippen molar-refractivity contribution in [3.05, 3.63) is 34.4 Å². The molecule has 0 N–H and O–H groups in total. The Morgan fingerprint density at radius 1 is 1.27 bits per heavy atom. The molecule has 0 aliphatic rings. The number of nitrogens with zero attached hydrogens (tertiary/aromatic N) is 2. The van der Waals surface area contributed by atoms with E-state index in [9.17, 15) is 17.6 Å². The summed E-state index contributed by atoms with van der Waals surface area (Å²) >= 11 is 3.03. The van der Waals surface area contributed by atoms with Gasteiger partial charge in [0.25, 0.3) is 0 Å². The van der Waals surface area contributed by atoms with Gasteiger partial charge in [0.05, 0.1) is 0 Å². The lowest BCUT2D eigenvalue weighted by atomic mass is 10.4.